The second kappa shape index (κ2) is 6.00. The Bertz CT molecular complexity index is 683. The highest BCUT2D eigenvalue weighted by molar-refractivity contribution is 5.87. The summed E-state index contributed by atoms with van der Waals surface area (Å²) in [5, 5.41) is 0. The minimum atomic E-state index is -4.78. The lowest BCUT2D eigenvalue weighted by Crippen LogP contribution is -2.16. The maximum absolute atomic E-state index is 13.7. The van der Waals surface area contributed by atoms with Crippen LogP contribution in [-0.2, 0) is 4.74 Å². The molecule has 0 aliphatic carbocycles. The molecule has 4 nitrogen and oxygen atoms in total. The number of aromatic nitrogens is 1. The van der Waals surface area contributed by atoms with Crippen LogP contribution in [0.1, 0.15) is 10.5 Å². The van der Waals surface area contributed by atoms with E-state index in [2.05, 4.69) is 14.5 Å². The van der Waals surface area contributed by atoms with Crippen molar-refractivity contribution in [2.45, 2.75) is 6.36 Å². The van der Waals surface area contributed by atoms with Gasteiger partial charge in [-0.05, 0) is 23.8 Å². The van der Waals surface area contributed by atoms with Crippen molar-refractivity contribution in [3.63, 3.8) is 0 Å². The van der Waals surface area contributed by atoms with Crippen LogP contribution in [0.15, 0.2) is 36.5 Å². The van der Waals surface area contributed by atoms with Crippen molar-refractivity contribution < 1.29 is 31.8 Å². The van der Waals surface area contributed by atoms with Gasteiger partial charge in [0.15, 0.2) is 11.5 Å². The van der Waals surface area contributed by atoms with Gasteiger partial charge in [0, 0.05) is 11.8 Å². The van der Waals surface area contributed by atoms with E-state index in [1.807, 2.05) is 0 Å². The van der Waals surface area contributed by atoms with Crippen LogP contribution in [0.5, 0.6) is 5.75 Å². The molecule has 0 spiro atoms. The number of nitrogens with zero attached hydrogens (tertiary/aromatic N) is 1. The summed E-state index contributed by atoms with van der Waals surface area (Å²) in [5.41, 5.74) is 0.240. The van der Waals surface area contributed by atoms with Gasteiger partial charge in [-0.2, -0.15) is 0 Å². The minimum absolute atomic E-state index is 0.295. The molecule has 1 aromatic heterocycles. The minimum Gasteiger partial charge on any atom is -0.464 e. The molecule has 116 valence electrons. The van der Waals surface area contributed by atoms with Crippen molar-refractivity contribution in [1.29, 1.82) is 0 Å². The van der Waals surface area contributed by atoms with Gasteiger partial charge in [0.2, 0.25) is 0 Å². The van der Waals surface area contributed by atoms with Crippen molar-refractivity contribution in [1.82, 2.24) is 4.98 Å². The Kier molecular flexibility index (Phi) is 4.30. The molecular formula is C14H9F4NO3. The first-order valence-corrected chi connectivity index (χ1v) is 5.90. The average Bonchev–Trinajstić information content (AvgIpc) is 2.45. The van der Waals surface area contributed by atoms with Crippen LogP contribution in [0.3, 0.4) is 0 Å². The van der Waals surface area contributed by atoms with E-state index < -0.39 is 29.6 Å². The summed E-state index contributed by atoms with van der Waals surface area (Å²) in [7, 11) is 1.09. The number of pyridine rings is 1. The summed E-state index contributed by atoms with van der Waals surface area (Å²) in [6.07, 6.45) is -3.56. The molecule has 0 amide bonds. The molecule has 22 heavy (non-hydrogen) atoms. The Balaban J connectivity index is 2.25. The third kappa shape index (κ3) is 3.72. The molecule has 2 aromatic rings. The monoisotopic (exact) mass is 315 g/mol. The summed E-state index contributed by atoms with van der Waals surface area (Å²) >= 11 is 0. The second-order valence-electron chi connectivity index (χ2n) is 4.12. The summed E-state index contributed by atoms with van der Waals surface area (Å²) < 4.78 is 58.0. The van der Waals surface area contributed by atoms with Crippen LogP contribution < -0.4 is 4.74 Å². The fourth-order valence-corrected chi connectivity index (χ4v) is 1.69. The molecule has 0 radical (unpaired) electrons. The Morgan fingerprint density at radius 3 is 2.27 bits per heavy atom. The van der Waals surface area contributed by atoms with Gasteiger partial charge in [0.25, 0.3) is 0 Å². The number of alkyl halides is 3. The largest absolute Gasteiger partial charge is 0.573 e. The molecule has 0 fully saturated rings. The summed E-state index contributed by atoms with van der Waals surface area (Å²) in [6.45, 7) is 0. The molecule has 0 bridgehead atoms. The lowest BCUT2D eigenvalue weighted by atomic mass is 10.1. The topological polar surface area (TPSA) is 48.4 Å². The quantitative estimate of drug-likeness (QED) is 0.642. The van der Waals surface area contributed by atoms with Gasteiger partial charge in [-0.1, -0.05) is 12.1 Å². The van der Waals surface area contributed by atoms with Gasteiger partial charge in [0.05, 0.1) is 7.11 Å². The van der Waals surface area contributed by atoms with Crippen molar-refractivity contribution >= 4 is 5.97 Å². The van der Waals surface area contributed by atoms with Gasteiger partial charge in [-0.15, -0.1) is 13.2 Å². The van der Waals surface area contributed by atoms with E-state index in [-0.39, 0.29) is 0 Å². The zero-order chi connectivity index (χ0) is 16.3. The van der Waals surface area contributed by atoms with Crippen LogP contribution in [0, 0.1) is 5.82 Å². The van der Waals surface area contributed by atoms with Crippen LogP contribution >= 0.6 is 0 Å². The Morgan fingerprint density at radius 1 is 1.14 bits per heavy atom. The van der Waals surface area contributed by atoms with E-state index in [1.165, 1.54) is 18.3 Å². The normalized spacial score (nSPS) is 11.1. The number of carbonyl (C=O) groups is 1. The van der Waals surface area contributed by atoms with Crippen molar-refractivity contribution in [3.8, 4) is 16.9 Å². The van der Waals surface area contributed by atoms with Crippen molar-refractivity contribution in [3.05, 3.63) is 48.0 Å². The van der Waals surface area contributed by atoms with Crippen molar-refractivity contribution in [2.24, 2.45) is 0 Å². The van der Waals surface area contributed by atoms with Crippen molar-refractivity contribution in [2.75, 3.05) is 7.11 Å². The fourth-order valence-electron chi connectivity index (χ4n) is 1.69. The van der Waals surface area contributed by atoms with Crippen LogP contribution in [0.25, 0.3) is 11.1 Å². The van der Waals surface area contributed by atoms with E-state index in [4.69, 9.17) is 0 Å². The van der Waals surface area contributed by atoms with Crippen LogP contribution in [-0.4, -0.2) is 24.4 Å². The highest BCUT2D eigenvalue weighted by Crippen LogP contribution is 2.26. The number of hydrogen-bond donors (Lipinski definition) is 0. The molecule has 8 heteroatoms. The first-order valence-electron chi connectivity index (χ1n) is 5.90. The maximum Gasteiger partial charge on any atom is 0.573 e. The molecule has 0 N–H and O–H groups in total. The Hall–Kier alpha value is -2.64. The number of hydrogen-bond acceptors (Lipinski definition) is 4. The van der Waals surface area contributed by atoms with E-state index in [9.17, 15) is 22.4 Å². The van der Waals surface area contributed by atoms with Gasteiger partial charge < -0.3 is 9.47 Å². The van der Waals surface area contributed by atoms with E-state index in [0.29, 0.717) is 11.1 Å². The number of carbonyl (C=O) groups excluding carboxylic acids is 1. The van der Waals surface area contributed by atoms with Gasteiger partial charge in [-0.3, -0.25) is 0 Å². The van der Waals surface area contributed by atoms with Gasteiger partial charge >= 0.3 is 12.3 Å². The summed E-state index contributed by atoms with van der Waals surface area (Å²) in [4.78, 5) is 14.9. The van der Waals surface area contributed by atoms with Crippen LogP contribution in [0.2, 0.25) is 0 Å². The van der Waals surface area contributed by atoms with E-state index in [0.717, 1.165) is 25.3 Å². The first-order chi connectivity index (χ1) is 10.3. The molecular weight excluding hydrogens is 306 g/mol. The predicted molar refractivity (Wildman–Crippen MR) is 67.7 cm³/mol. The fraction of sp³-hybridized carbons (Fsp3) is 0.143. The van der Waals surface area contributed by atoms with E-state index in [1.54, 1.807) is 0 Å². The average molecular weight is 315 g/mol. The lowest BCUT2D eigenvalue weighted by Gasteiger charge is -2.09. The molecule has 0 saturated heterocycles. The summed E-state index contributed by atoms with van der Waals surface area (Å²) in [5.74, 6) is -2.20. The number of ether oxygens (including phenoxy) is 2. The van der Waals surface area contributed by atoms with Crippen LogP contribution in [0.4, 0.5) is 17.6 Å². The zero-order valence-electron chi connectivity index (χ0n) is 11.1. The standard InChI is InChI=1S/C14H9F4NO3/c1-21-13(20)12-11(15)6-9(7-19-12)8-2-4-10(5-3-8)22-14(16,17)18/h2-7H,1H3. The molecule has 0 atom stereocenters. The Labute approximate surface area is 122 Å². The van der Waals surface area contributed by atoms with Gasteiger partial charge in [-0.25, -0.2) is 14.2 Å². The molecule has 0 aliphatic rings. The highest BCUT2D eigenvalue weighted by Gasteiger charge is 2.31. The molecule has 0 aliphatic heterocycles. The SMILES string of the molecule is COC(=O)c1ncc(-c2ccc(OC(F)(F)F)cc2)cc1F. The maximum atomic E-state index is 13.7. The second-order valence-corrected chi connectivity index (χ2v) is 4.12. The lowest BCUT2D eigenvalue weighted by molar-refractivity contribution is -0.274. The number of halogens is 4. The summed E-state index contributed by atoms with van der Waals surface area (Å²) in [6, 6.07) is 5.85. The Morgan fingerprint density at radius 2 is 1.77 bits per heavy atom. The predicted octanol–water partition coefficient (Wildman–Crippen LogP) is 3.57. The zero-order valence-corrected chi connectivity index (χ0v) is 11.1. The number of benzene rings is 1. The third-order valence-corrected chi connectivity index (χ3v) is 2.64. The third-order valence-electron chi connectivity index (χ3n) is 2.64. The smallest absolute Gasteiger partial charge is 0.464 e. The first kappa shape index (κ1) is 15.7. The van der Waals surface area contributed by atoms with Gasteiger partial charge in [0.1, 0.15) is 5.75 Å². The number of esters is 1. The van der Waals surface area contributed by atoms with E-state index >= 15 is 0 Å². The molecule has 1 heterocycles. The number of rotatable bonds is 3. The number of methoxy groups -OCH3 is 1. The molecule has 1 aromatic carbocycles. The molecule has 2 rings (SSSR count). The highest BCUT2D eigenvalue weighted by atomic mass is 19.4. The molecule has 0 saturated carbocycles. The molecule has 0 unspecified atom stereocenters.